The van der Waals surface area contributed by atoms with Gasteiger partial charge in [-0.25, -0.2) is 0 Å². The molecule has 4 heteroatoms. The first-order chi connectivity index (χ1) is 9.55. The molecule has 0 aliphatic carbocycles. The van der Waals surface area contributed by atoms with Crippen molar-refractivity contribution >= 4 is 11.6 Å². The van der Waals surface area contributed by atoms with Crippen molar-refractivity contribution in [1.29, 1.82) is 0 Å². The van der Waals surface area contributed by atoms with Crippen molar-refractivity contribution in [3.63, 3.8) is 0 Å². The molecule has 0 spiro atoms. The van der Waals surface area contributed by atoms with Crippen molar-refractivity contribution in [2.75, 3.05) is 19.0 Å². The maximum absolute atomic E-state index is 11.8. The summed E-state index contributed by atoms with van der Waals surface area (Å²) in [5, 5.41) is 6.11. The van der Waals surface area contributed by atoms with Crippen molar-refractivity contribution < 1.29 is 9.53 Å². The van der Waals surface area contributed by atoms with Gasteiger partial charge in [0.05, 0.1) is 13.7 Å². The van der Waals surface area contributed by atoms with Gasteiger partial charge in [0, 0.05) is 11.7 Å². The molecule has 0 aliphatic rings. The van der Waals surface area contributed by atoms with E-state index < -0.39 is 0 Å². The second-order valence-corrected chi connectivity index (χ2v) is 5.31. The lowest BCUT2D eigenvalue weighted by Crippen LogP contribution is -2.35. The van der Waals surface area contributed by atoms with Crippen LogP contribution in [0.4, 0.5) is 5.69 Å². The Kier molecular flexibility index (Phi) is 7.09. The number of carbonyl (C=O) groups is 1. The third-order valence-corrected chi connectivity index (χ3v) is 3.44. The minimum Gasteiger partial charge on any atom is -0.497 e. The molecule has 0 saturated heterocycles. The van der Waals surface area contributed by atoms with Gasteiger partial charge < -0.3 is 15.4 Å². The molecule has 20 heavy (non-hydrogen) atoms. The summed E-state index contributed by atoms with van der Waals surface area (Å²) in [6.45, 7) is 6.87. The van der Waals surface area contributed by atoms with Crippen molar-refractivity contribution in [3.05, 3.63) is 24.3 Å². The summed E-state index contributed by atoms with van der Waals surface area (Å²) >= 11 is 0. The molecule has 0 bridgehead atoms. The summed E-state index contributed by atoms with van der Waals surface area (Å²) in [6, 6.07) is 7.67. The van der Waals surface area contributed by atoms with E-state index in [0.29, 0.717) is 18.5 Å². The Morgan fingerprint density at radius 3 is 2.45 bits per heavy atom. The monoisotopic (exact) mass is 278 g/mol. The van der Waals surface area contributed by atoms with Crippen LogP contribution < -0.4 is 15.4 Å². The van der Waals surface area contributed by atoms with Gasteiger partial charge in [-0.2, -0.15) is 0 Å². The van der Waals surface area contributed by atoms with E-state index in [1.54, 1.807) is 7.11 Å². The number of rotatable bonds is 8. The average molecular weight is 278 g/mol. The summed E-state index contributed by atoms with van der Waals surface area (Å²) in [6.07, 6.45) is 2.26. The van der Waals surface area contributed by atoms with Gasteiger partial charge in [0.2, 0.25) is 5.91 Å². The van der Waals surface area contributed by atoms with Crippen LogP contribution in [0.15, 0.2) is 24.3 Å². The van der Waals surface area contributed by atoms with Crippen molar-refractivity contribution in [3.8, 4) is 5.75 Å². The van der Waals surface area contributed by atoms with Gasteiger partial charge >= 0.3 is 0 Å². The van der Waals surface area contributed by atoms with Crippen LogP contribution in [0.25, 0.3) is 0 Å². The topological polar surface area (TPSA) is 50.4 Å². The number of benzene rings is 1. The number of nitrogens with one attached hydrogen (secondary N) is 2. The van der Waals surface area contributed by atoms with Gasteiger partial charge in [-0.1, -0.05) is 20.3 Å². The molecule has 2 unspecified atom stereocenters. The number of amides is 1. The highest BCUT2D eigenvalue weighted by atomic mass is 16.5. The van der Waals surface area contributed by atoms with Crippen LogP contribution in [-0.4, -0.2) is 25.6 Å². The van der Waals surface area contributed by atoms with Crippen molar-refractivity contribution in [2.24, 2.45) is 5.92 Å². The zero-order valence-corrected chi connectivity index (χ0v) is 12.9. The maximum Gasteiger partial charge on any atom is 0.238 e. The molecule has 2 N–H and O–H groups in total. The highest BCUT2D eigenvalue weighted by Gasteiger charge is 2.09. The van der Waals surface area contributed by atoms with Crippen LogP contribution in [-0.2, 0) is 4.79 Å². The van der Waals surface area contributed by atoms with E-state index in [1.165, 1.54) is 6.42 Å². The number of hydrogen-bond donors (Lipinski definition) is 2. The van der Waals surface area contributed by atoms with E-state index in [-0.39, 0.29) is 5.91 Å². The van der Waals surface area contributed by atoms with Crippen molar-refractivity contribution in [1.82, 2.24) is 5.32 Å². The normalized spacial score (nSPS) is 13.6. The van der Waals surface area contributed by atoms with E-state index in [1.807, 2.05) is 24.3 Å². The predicted molar refractivity (Wildman–Crippen MR) is 83.2 cm³/mol. The third-order valence-electron chi connectivity index (χ3n) is 3.44. The van der Waals surface area contributed by atoms with Crippen LogP contribution in [0.2, 0.25) is 0 Å². The number of ether oxygens (including phenoxy) is 1. The van der Waals surface area contributed by atoms with E-state index in [4.69, 9.17) is 4.74 Å². The molecular formula is C16H26N2O2. The highest BCUT2D eigenvalue weighted by Crippen LogP contribution is 2.14. The fraction of sp³-hybridized carbons (Fsp3) is 0.562. The summed E-state index contributed by atoms with van der Waals surface area (Å²) in [5.41, 5.74) is 0.784. The number of hydrogen-bond acceptors (Lipinski definition) is 3. The maximum atomic E-state index is 11.8. The lowest BCUT2D eigenvalue weighted by Gasteiger charge is -2.17. The average Bonchev–Trinajstić information content (AvgIpc) is 2.45. The molecule has 0 heterocycles. The Balaban J connectivity index is 2.32. The summed E-state index contributed by atoms with van der Waals surface area (Å²) in [7, 11) is 1.62. The first-order valence-electron chi connectivity index (χ1n) is 7.22. The van der Waals surface area contributed by atoms with E-state index in [0.717, 1.165) is 17.9 Å². The van der Waals surface area contributed by atoms with Crippen LogP contribution in [0, 0.1) is 5.92 Å². The molecule has 0 aliphatic heterocycles. The van der Waals surface area contributed by atoms with Crippen LogP contribution in [0.3, 0.4) is 0 Å². The molecule has 112 valence electrons. The number of carbonyl (C=O) groups excluding carboxylic acids is 1. The smallest absolute Gasteiger partial charge is 0.238 e. The van der Waals surface area contributed by atoms with Gasteiger partial charge in [-0.15, -0.1) is 0 Å². The largest absolute Gasteiger partial charge is 0.497 e. The molecule has 0 aromatic heterocycles. The molecule has 2 atom stereocenters. The second kappa shape index (κ2) is 8.59. The SMILES string of the molecule is CCC(C)CC(C)NCC(=O)Nc1ccc(OC)cc1. The van der Waals surface area contributed by atoms with Crippen molar-refractivity contribution in [2.45, 2.75) is 39.7 Å². The summed E-state index contributed by atoms with van der Waals surface area (Å²) < 4.78 is 5.08. The first-order valence-corrected chi connectivity index (χ1v) is 7.22. The minimum absolute atomic E-state index is 0.0221. The Hall–Kier alpha value is -1.55. The van der Waals surface area contributed by atoms with E-state index >= 15 is 0 Å². The molecule has 1 aromatic carbocycles. The highest BCUT2D eigenvalue weighted by molar-refractivity contribution is 5.92. The second-order valence-electron chi connectivity index (χ2n) is 5.31. The molecule has 0 radical (unpaired) electrons. The Morgan fingerprint density at radius 2 is 1.90 bits per heavy atom. The molecule has 1 aromatic rings. The van der Waals surface area contributed by atoms with Gasteiger partial charge in [-0.05, 0) is 43.5 Å². The number of anilines is 1. The van der Waals surface area contributed by atoms with Crippen LogP contribution >= 0.6 is 0 Å². The fourth-order valence-corrected chi connectivity index (χ4v) is 2.00. The Labute approximate surface area is 121 Å². The predicted octanol–water partition coefficient (Wildman–Crippen LogP) is 3.05. The minimum atomic E-state index is -0.0221. The fourth-order valence-electron chi connectivity index (χ4n) is 2.00. The van der Waals surface area contributed by atoms with Crippen LogP contribution in [0.5, 0.6) is 5.75 Å². The van der Waals surface area contributed by atoms with Crippen LogP contribution in [0.1, 0.15) is 33.6 Å². The zero-order valence-electron chi connectivity index (χ0n) is 12.9. The molecule has 4 nitrogen and oxygen atoms in total. The van der Waals surface area contributed by atoms with Gasteiger partial charge in [0.1, 0.15) is 5.75 Å². The quantitative estimate of drug-likeness (QED) is 0.768. The molecule has 0 fully saturated rings. The Morgan fingerprint density at radius 1 is 1.25 bits per heavy atom. The third kappa shape index (κ3) is 6.06. The molecule has 0 saturated carbocycles. The lowest BCUT2D eigenvalue weighted by molar-refractivity contribution is -0.115. The molecular weight excluding hydrogens is 252 g/mol. The summed E-state index contributed by atoms with van der Waals surface area (Å²) in [4.78, 5) is 11.8. The van der Waals surface area contributed by atoms with Gasteiger partial charge in [0.25, 0.3) is 0 Å². The lowest BCUT2D eigenvalue weighted by atomic mass is 10.0. The van der Waals surface area contributed by atoms with Gasteiger partial charge in [0.15, 0.2) is 0 Å². The Bertz CT molecular complexity index is 403. The van der Waals surface area contributed by atoms with Gasteiger partial charge in [-0.3, -0.25) is 4.79 Å². The molecule has 1 amide bonds. The van der Waals surface area contributed by atoms with E-state index in [2.05, 4.69) is 31.4 Å². The molecule has 1 rings (SSSR count). The zero-order chi connectivity index (χ0) is 15.0. The first kappa shape index (κ1) is 16.5. The van der Waals surface area contributed by atoms with E-state index in [9.17, 15) is 4.79 Å². The number of methoxy groups -OCH3 is 1. The summed E-state index contributed by atoms with van der Waals surface area (Å²) in [5.74, 6) is 1.44. The standard InChI is InChI=1S/C16H26N2O2/c1-5-12(2)10-13(3)17-11-16(19)18-14-6-8-15(20-4)9-7-14/h6-9,12-13,17H,5,10-11H2,1-4H3,(H,18,19).